The minimum atomic E-state index is -1.35. The highest BCUT2D eigenvalue weighted by atomic mass is 28.3. The van der Waals surface area contributed by atoms with Gasteiger partial charge in [-0.25, -0.2) is 0 Å². The van der Waals surface area contributed by atoms with E-state index in [1.165, 1.54) is 25.0 Å². The summed E-state index contributed by atoms with van der Waals surface area (Å²) in [5.74, 6) is 2.72. The van der Waals surface area contributed by atoms with E-state index in [4.69, 9.17) is 13.6 Å². The van der Waals surface area contributed by atoms with Gasteiger partial charge in [-0.15, -0.1) is 0 Å². The standard InChI is InChI=1S/C31H60O4Si2/c1-14-15-16-29(8,9)24(28(5,6)7)17-23(34-36(10)11)25-21(27(2,3)4)19-31(35-37(12)13)22(25)18-30(20-32)26(31)33-30/h17,21-22,24-26,32,36-37H,14-16,18-20H2,1-13H3/t21-,22+,24?,25+,26?,30?,31+/m1/s1. The van der Waals surface area contributed by atoms with Crippen LogP contribution in [0, 0.1) is 39.9 Å². The van der Waals surface area contributed by atoms with E-state index < -0.39 is 23.7 Å². The van der Waals surface area contributed by atoms with Crippen LogP contribution in [0.25, 0.3) is 0 Å². The maximum atomic E-state index is 10.4. The van der Waals surface area contributed by atoms with Gasteiger partial charge in [0.05, 0.1) is 18.0 Å². The van der Waals surface area contributed by atoms with Gasteiger partial charge >= 0.3 is 0 Å². The van der Waals surface area contributed by atoms with Gasteiger partial charge < -0.3 is 18.7 Å². The minimum Gasteiger partial charge on any atom is -0.550 e. The zero-order valence-corrected chi connectivity index (χ0v) is 28.8. The molecule has 1 N–H and O–H groups in total. The molecule has 3 fully saturated rings. The summed E-state index contributed by atoms with van der Waals surface area (Å²) in [6, 6.07) is 0. The largest absolute Gasteiger partial charge is 0.550 e. The predicted molar refractivity (Wildman–Crippen MR) is 161 cm³/mol. The third-order valence-electron chi connectivity index (χ3n) is 9.63. The molecule has 6 heteroatoms. The van der Waals surface area contributed by atoms with Gasteiger partial charge in [-0.1, -0.05) is 75.2 Å². The molecule has 4 nitrogen and oxygen atoms in total. The van der Waals surface area contributed by atoms with E-state index in [0.717, 1.165) is 12.8 Å². The first-order valence-electron chi connectivity index (χ1n) is 15.2. The maximum Gasteiger partial charge on any atom is 0.229 e. The quantitative estimate of drug-likeness (QED) is 0.166. The van der Waals surface area contributed by atoms with Crippen LogP contribution in [0.5, 0.6) is 0 Å². The van der Waals surface area contributed by atoms with Crippen molar-refractivity contribution in [1.29, 1.82) is 0 Å². The van der Waals surface area contributed by atoms with Gasteiger partial charge in [0.15, 0.2) is 9.04 Å². The Morgan fingerprint density at radius 3 is 2.11 bits per heavy atom. The molecule has 1 heterocycles. The van der Waals surface area contributed by atoms with Crippen LogP contribution in [0.2, 0.25) is 26.2 Å². The number of hydrogen-bond acceptors (Lipinski definition) is 4. The lowest BCUT2D eigenvalue weighted by Crippen LogP contribution is -2.44. The van der Waals surface area contributed by atoms with Crippen LogP contribution in [0.3, 0.4) is 0 Å². The molecule has 1 aliphatic heterocycles. The first kappa shape index (κ1) is 31.4. The molecular formula is C31H60O4Si2. The van der Waals surface area contributed by atoms with Gasteiger partial charge in [0.1, 0.15) is 11.7 Å². The molecule has 0 radical (unpaired) electrons. The number of aliphatic hydroxyl groups excluding tert-OH is 1. The maximum absolute atomic E-state index is 10.4. The van der Waals surface area contributed by atoms with E-state index in [-0.39, 0.29) is 34.6 Å². The molecule has 3 aliphatic rings. The third-order valence-corrected chi connectivity index (χ3v) is 11.3. The molecule has 2 aliphatic carbocycles. The van der Waals surface area contributed by atoms with Crippen molar-refractivity contribution < 1.29 is 18.7 Å². The molecule has 7 atom stereocenters. The average Bonchev–Trinajstić information content (AvgIpc) is 3.28. The lowest BCUT2D eigenvalue weighted by molar-refractivity contribution is -0.0172. The van der Waals surface area contributed by atoms with Crippen LogP contribution in [-0.4, -0.2) is 47.1 Å². The van der Waals surface area contributed by atoms with E-state index in [1.807, 2.05) is 0 Å². The highest BCUT2D eigenvalue weighted by molar-refractivity contribution is 6.49. The highest BCUT2D eigenvalue weighted by Crippen LogP contribution is 2.70. The number of hydrogen-bond donors (Lipinski definition) is 1. The number of allylic oxidation sites excluding steroid dienone is 2. The summed E-state index contributed by atoms with van der Waals surface area (Å²) in [7, 11) is -2.69. The number of epoxide rings is 1. The molecule has 37 heavy (non-hydrogen) atoms. The van der Waals surface area contributed by atoms with Crippen molar-refractivity contribution in [3.8, 4) is 0 Å². The Bertz CT molecular complexity index is 824. The van der Waals surface area contributed by atoms with Crippen LogP contribution in [0.4, 0.5) is 0 Å². The molecule has 0 amide bonds. The Kier molecular flexibility index (Phi) is 9.06. The Morgan fingerprint density at radius 2 is 1.65 bits per heavy atom. The Balaban J connectivity index is 2.17. The van der Waals surface area contributed by atoms with Crippen LogP contribution in [0.15, 0.2) is 11.8 Å². The second-order valence-electron chi connectivity index (χ2n) is 16.0. The summed E-state index contributed by atoms with van der Waals surface area (Å²) >= 11 is 0. The Labute approximate surface area is 232 Å². The zero-order chi connectivity index (χ0) is 28.2. The first-order valence-corrected chi connectivity index (χ1v) is 20.8. The van der Waals surface area contributed by atoms with Gasteiger partial charge in [-0.05, 0) is 79.6 Å². The van der Waals surface area contributed by atoms with Crippen LogP contribution < -0.4 is 0 Å². The summed E-state index contributed by atoms with van der Waals surface area (Å²) in [6.45, 7) is 30.9. The van der Waals surface area contributed by atoms with Crippen molar-refractivity contribution >= 4 is 18.1 Å². The fourth-order valence-electron chi connectivity index (χ4n) is 8.24. The predicted octanol–water partition coefficient (Wildman–Crippen LogP) is 7.32. The van der Waals surface area contributed by atoms with Gasteiger partial charge in [-0.3, -0.25) is 0 Å². The fourth-order valence-corrected chi connectivity index (χ4v) is 10.3. The molecule has 1 saturated heterocycles. The zero-order valence-electron chi connectivity index (χ0n) is 26.5. The summed E-state index contributed by atoms with van der Waals surface area (Å²) in [4.78, 5) is 0. The molecule has 0 spiro atoms. The number of ether oxygens (including phenoxy) is 1. The van der Waals surface area contributed by atoms with Crippen molar-refractivity contribution in [3.63, 3.8) is 0 Å². The SMILES string of the molecule is CCCCC(C)(C)C(C=C(O[SiH](C)C)[C@H]1[C@H](C(C)(C)C)C[C@@]2(O[SiH](C)C)C3OC3(CO)C[C@@H]12)C(C)(C)C. The van der Waals surface area contributed by atoms with Crippen molar-refractivity contribution in [3.05, 3.63) is 11.8 Å². The molecule has 0 aromatic rings. The van der Waals surface area contributed by atoms with Crippen molar-refractivity contribution in [2.75, 3.05) is 6.61 Å². The molecule has 3 rings (SSSR count). The summed E-state index contributed by atoms with van der Waals surface area (Å²) in [5.41, 5.74) is -0.258. The molecule has 2 saturated carbocycles. The van der Waals surface area contributed by atoms with Crippen LogP contribution in [-0.2, 0) is 13.6 Å². The molecule has 216 valence electrons. The number of aliphatic hydroxyl groups is 1. The second kappa shape index (κ2) is 10.7. The normalized spacial score (nSPS) is 35.2. The van der Waals surface area contributed by atoms with Gasteiger partial charge in [0, 0.05) is 11.8 Å². The topological polar surface area (TPSA) is 51.2 Å². The van der Waals surface area contributed by atoms with Gasteiger partial charge in [0.25, 0.3) is 0 Å². The molecule has 3 unspecified atom stereocenters. The molecular weight excluding hydrogens is 493 g/mol. The number of rotatable bonds is 11. The lowest BCUT2D eigenvalue weighted by Gasteiger charge is -2.43. The van der Waals surface area contributed by atoms with Gasteiger partial charge in [0.2, 0.25) is 9.04 Å². The van der Waals surface area contributed by atoms with E-state index in [9.17, 15) is 5.11 Å². The number of unbranched alkanes of at least 4 members (excludes halogenated alkanes) is 1. The van der Waals surface area contributed by atoms with Crippen molar-refractivity contribution in [2.45, 2.75) is 138 Å². The highest BCUT2D eigenvalue weighted by Gasteiger charge is 2.80. The minimum absolute atomic E-state index is 0.0247. The second-order valence-corrected chi connectivity index (χ2v) is 20.7. The molecule has 0 bridgehead atoms. The molecule has 0 aromatic heterocycles. The molecule has 0 aromatic carbocycles. The van der Waals surface area contributed by atoms with E-state index in [2.05, 4.69) is 94.6 Å². The van der Waals surface area contributed by atoms with E-state index >= 15 is 0 Å². The van der Waals surface area contributed by atoms with E-state index in [1.54, 1.807) is 0 Å². The van der Waals surface area contributed by atoms with Gasteiger partial charge in [-0.2, -0.15) is 0 Å². The third kappa shape index (κ3) is 6.13. The average molecular weight is 553 g/mol. The van der Waals surface area contributed by atoms with Crippen molar-refractivity contribution in [1.82, 2.24) is 0 Å². The summed E-state index contributed by atoms with van der Waals surface area (Å²) in [6.07, 6.45) is 8.21. The Morgan fingerprint density at radius 1 is 1.03 bits per heavy atom. The Hall–Kier alpha value is -0.146. The first-order chi connectivity index (χ1) is 16.8. The fraction of sp³-hybridized carbons (Fsp3) is 0.935. The lowest BCUT2D eigenvalue weighted by atomic mass is 9.62. The monoisotopic (exact) mass is 552 g/mol. The summed E-state index contributed by atoms with van der Waals surface area (Å²) in [5, 5.41) is 10.4. The van der Waals surface area contributed by atoms with Crippen LogP contribution >= 0.6 is 0 Å². The smallest absolute Gasteiger partial charge is 0.229 e. The van der Waals surface area contributed by atoms with E-state index in [0.29, 0.717) is 23.7 Å². The van der Waals surface area contributed by atoms with Crippen molar-refractivity contribution in [2.24, 2.45) is 39.9 Å². The summed E-state index contributed by atoms with van der Waals surface area (Å²) < 4.78 is 20.4. The van der Waals surface area contributed by atoms with Crippen LogP contribution in [0.1, 0.15) is 94.4 Å². The number of fused-ring (bicyclic) bond motifs is 3.